The third-order valence-corrected chi connectivity index (χ3v) is 3.08. The van der Waals surface area contributed by atoms with Crippen LogP contribution in [0.5, 0.6) is 5.75 Å². The monoisotopic (exact) mass is 331 g/mol. The van der Waals surface area contributed by atoms with Gasteiger partial charge in [-0.15, -0.1) is 0 Å². The van der Waals surface area contributed by atoms with Crippen LogP contribution in [0.25, 0.3) is 0 Å². The fourth-order valence-corrected chi connectivity index (χ4v) is 1.96. The molecular weight excluding hydrogens is 313 g/mol. The van der Waals surface area contributed by atoms with Gasteiger partial charge in [0.2, 0.25) is 0 Å². The van der Waals surface area contributed by atoms with Crippen molar-refractivity contribution in [3.05, 3.63) is 59.9 Å². The van der Waals surface area contributed by atoms with Crippen LogP contribution in [0.15, 0.2) is 48.5 Å². The molecule has 0 spiro atoms. The maximum Gasteiger partial charge on any atom is 0.310 e. The molecule has 0 aliphatic rings. The van der Waals surface area contributed by atoms with Crippen molar-refractivity contribution in [1.29, 1.82) is 0 Å². The van der Waals surface area contributed by atoms with Crippen LogP contribution >= 0.6 is 0 Å². The third-order valence-electron chi connectivity index (χ3n) is 3.08. The molecule has 1 N–H and O–H groups in total. The Morgan fingerprint density at radius 2 is 1.71 bits per heavy atom. The second-order valence-electron chi connectivity index (χ2n) is 4.97. The zero-order valence-electron chi connectivity index (χ0n) is 13.3. The van der Waals surface area contributed by atoms with E-state index in [-0.39, 0.29) is 6.42 Å². The lowest BCUT2D eigenvalue weighted by Crippen LogP contribution is -2.21. The molecule has 0 unspecified atom stereocenters. The van der Waals surface area contributed by atoms with Crippen LogP contribution in [0.1, 0.15) is 12.5 Å². The van der Waals surface area contributed by atoms with Gasteiger partial charge in [-0.25, -0.2) is 4.39 Å². The number of carbonyl (C=O) groups excluding carboxylic acids is 2. The molecule has 0 aliphatic carbocycles. The molecule has 0 radical (unpaired) electrons. The summed E-state index contributed by atoms with van der Waals surface area (Å²) >= 11 is 0. The maximum atomic E-state index is 12.8. The molecule has 2 rings (SSSR count). The van der Waals surface area contributed by atoms with Crippen molar-refractivity contribution in [2.24, 2.45) is 0 Å². The Morgan fingerprint density at radius 3 is 2.33 bits per heavy atom. The van der Waals surface area contributed by atoms with Crippen LogP contribution in [0.4, 0.5) is 10.1 Å². The third kappa shape index (κ3) is 5.72. The van der Waals surface area contributed by atoms with Gasteiger partial charge in [0.15, 0.2) is 6.61 Å². The molecule has 5 nitrogen and oxygen atoms in total. The van der Waals surface area contributed by atoms with Gasteiger partial charge in [-0.3, -0.25) is 9.59 Å². The second kappa shape index (κ2) is 8.67. The van der Waals surface area contributed by atoms with Crippen LogP contribution in [-0.2, 0) is 20.7 Å². The van der Waals surface area contributed by atoms with Gasteiger partial charge in [-0.1, -0.05) is 12.1 Å². The van der Waals surface area contributed by atoms with E-state index in [1.165, 1.54) is 24.3 Å². The number of amides is 1. The Morgan fingerprint density at radius 1 is 1.04 bits per heavy atom. The number of hydrogen-bond acceptors (Lipinski definition) is 4. The summed E-state index contributed by atoms with van der Waals surface area (Å²) in [5.74, 6) is -0.654. The molecule has 0 aliphatic heterocycles. The Balaban J connectivity index is 1.75. The number of rotatable bonds is 7. The summed E-state index contributed by atoms with van der Waals surface area (Å²) in [4.78, 5) is 23.4. The average molecular weight is 331 g/mol. The minimum absolute atomic E-state index is 0.0657. The smallest absolute Gasteiger partial charge is 0.310 e. The normalized spacial score (nSPS) is 10.1. The highest BCUT2D eigenvalue weighted by molar-refractivity contribution is 5.92. The minimum Gasteiger partial charge on any atom is -0.494 e. The van der Waals surface area contributed by atoms with Gasteiger partial charge < -0.3 is 14.8 Å². The highest BCUT2D eigenvalue weighted by atomic mass is 19.1. The maximum absolute atomic E-state index is 12.8. The highest BCUT2D eigenvalue weighted by Gasteiger charge is 2.09. The lowest BCUT2D eigenvalue weighted by molar-refractivity contribution is -0.146. The van der Waals surface area contributed by atoms with Crippen LogP contribution in [-0.4, -0.2) is 25.1 Å². The summed E-state index contributed by atoms with van der Waals surface area (Å²) in [7, 11) is 0. The molecule has 6 heteroatoms. The number of anilines is 1. The van der Waals surface area contributed by atoms with E-state index in [1.54, 1.807) is 24.3 Å². The number of esters is 1. The number of carbonyl (C=O) groups is 2. The van der Waals surface area contributed by atoms with E-state index >= 15 is 0 Å². The van der Waals surface area contributed by atoms with Gasteiger partial charge in [0.25, 0.3) is 5.91 Å². The number of benzene rings is 2. The SMILES string of the molecule is CCOc1ccc(CC(=O)OCC(=O)Nc2ccc(F)cc2)cc1. The molecule has 0 saturated heterocycles. The van der Waals surface area contributed by atoms with Gasteiger partial charge in [-0.2, -0.15) is 0 Å². The predicted octanol–water partition coefficient (Wildman–Crippen LogP) is 2.95. The van der Waals surface area contributed by atoms with Gasteiger partial charge >= 0.3 is 5.97 Å². The number of halogens is 1. The van der Waals surface area contributed by atoms with Crippen molar-refractivity contribution in [2.75, 3.05) is 18.5 Å². The molecular formula is C18H18FNO4. The summed E-state index contributed by atoms with van der Waals surface area (Å²) in [5.41, 5.74) is 1.20. The average Bonchev–Trinajstić information content (AvgIpc) is 2.57. The molecule has 0 atom stereocenters. The van der Waals surface area contributed by atoms with E-state index in [9.17, 15) is 14.0 Å². The fourth-order valence-electron chi connectivity index (χ4n) is 1.96. The topological polar surface area (TPSA) is 64.6 Å². The van der Waals surface area contributed by atoms with E-state index in [0.29, 0.717) is 12.3 Å². The fraction of sp³-hybridized carbons (Fsp3) is 0.222. The Labute approximate surface area is 139 Å². The molecule has 126 valence electrons. The van der Waals surface area contributed by atoms with Gasteiger partial charge in [0, 0.05) is 5.69 Å². The van der Waals surface area contributed by atoms with E-state index in [4.69, 9.17) is 9.47 Å². The first-order valence-electron chi connectivity index (χ1n) is 7.49. The summed E-state index contributed by atoms with van der Waals surface area (Å²) in [6.07, 6.45) is 0.0657. The minimum atomic E-state index is -0.506. The first kappa shape index (κ1) is 17.5. The summed E-state index contributed by atoms with van der Waals surface area (Å²) in [6.45, 7) is 2.07. The Kier molecular flexibility index (Phi) is 6.31. The standard InChI is InChI=1S/C18H18FNO4/c1-2-23-16-9-3-13(4-10-16)11-18(22)24-12-17(21)20-15-7-5-14(19)6-8-15/h3-10H,2,11-12H2,1H3,(H,20,21). The molecule has 0 fully saturated rings. The van der Waals surface area contributed by atoms with Crippen molar-refractivity contribution in [1.82, 2.24) is 0 Å². The summed E-state index contributed by atoms with van der Waals surface area (Å²) < 4.78 is 23.0. The largest absolute Gasteiger partial charge is 0.494 e. The number of hydrogen-bond donors (Lipinski definition) is 1. The molecule has 1 amide bonds. The summed E-state index contributed by atoms with van der Waals surface area (Å²) in [6, 6.07) is 12.4. The van der Waals surface area contributed by atoms with E-state index in [0.717, 1.165) is 11.3 Å². The summed E-state index contributed by atoms with van der Waals surface area (Å²) in [5, 5.41) is 2.51. The van der Waals surface area contributed by atoms with E-state index in [1.807, 2.05) is 6.92 Å². The van der Waals surface area contributed by atoms with E-state index in [2.05, 4.69) is 5.32 Å². The number of nitrogens with one attached hydrogen (secondary N) is 1. The van der Waals surface area contributed by atoms with Crippen molar-refractivity contribution in [3.63, 3.8) is 0 Å². The van der Waals surface area contributed by atoms with Gasteiger partial charge in [0.05, 0.1) is 13.0 Å². The van der Waals surface area contributed by atoms with Crippen LogP contribution < -0.4 is 10.1 Å². The quantitative estimate of drug-likeness (QED) is 0.792. The lowest BCUT2D eigenvalue weighted by atomic mass is 10.1. The molecule has 0 heterocycles. The lowest BCUT2D eigenvalue weighted by Gasteiger charge is -2.07. The molecule has 2 aromatic carbocycles. The van der Waals surface area contributed by atoms with Crippen LogP contribution in [0.2, 0.25) is 0 Å². The first-order valence-corrected chi connectivity index (χ1v) is 7.49. The Hall–Kier alpha value is -2.89. The molecule has 2 aromatic rings. The van der Waals surface area contributed by atoms with Crippen molar-refractivity contribution in [2.45, 2.75) is 13.3 Å². The first-order chi connectivity index (χ1) is 11.6. The van der Waals surface area contributed by atoms with Crippen molar-refractivity contribution in [3.8, 4) is 5.75 Å². The molecule has 24 heavy (non-hydrogen) atoms. The highest BCUT2D eigenvalue weighted by Crippen LogP contribution is 2.13. The van der Waals surface area contributed by atoms with Crippen molar-refractivity contribution < 1.29 is 23.5 Å². The van der Waals surface area contributed by atoms with Crippen LogP contribution in [0, 0.1) is 5.82 Å². The molecule has 0 saturated carbocycles. The zero-order valence-corrected chi connectivity index (χ0v) is 13.3. The molecule has 0 bridgehead atoms. The van der Waals surface area contributed by atoms with Gasteiger partial charge in [-0.05, 0) is 48.9 Å². The number of ether oxygens (including phenoxy) is 2. The van der Waals surface area contributed by atoms with Gasteiger partial charge in [0.1, 0.15) is 11.6 Å². The van der Waals surface area contributed by atoms with E-state index < -0.39 is 24.3 Å². The molecule has 0 aromatic heterocycles. The van der Waals surface area contributed by atoms with Crippen LogP contribution in [0.3, 0.4) is 0 Å². The predicted molar refractivity (Wildman–Crippen MR) is 87.3 cm³/mol. The van der Waals surface area contributed by atoms with Crippen molar-refractivity contribution >= 4 is 17.6 Å². The second-order valence-corrected chi connectivity index (χ2v) is 4.97. The Bertz CT molecular complexity index is 683. The zero-order chi connectivity index (χ0) is 17.4.